The molecular weight excluding hydrogens is 362 g/mol. The number of halogens is 1. The lowest BCUT2D eigenvalue weighted by molar-refractivity contribution is -0.0342. The molecule has 1 amide bonds. The Labute approximate surface area is 164 Å². The second-order valence-electron chi connectivity index (χ2n) is 7.12. The standard InChI is InChI=1S/C22H22ClNO3/c1-15-7-17(9-19(23)8-15)18-10-20-13-26-14-21(11-18)24(20)22(25)27-12-16-5-3-2-4-6-16/h2-10,20-21H,11-14H2,1H3. The lowest BCUT2D eigenvalue weighted by Gasteiger charge is -2.43. The van der Waals surface area contributed by atoms with E-state index in [1.54, 1.807) is 0 Å². The number of morpholine rings is 1. The van der Waals surface area contributed by atoms with Gasteiger partial charge < -0.3 is 9.47 Å². The summed E-state index contributed by atoms with van der Waals surface area (Å²) in [6, 6.07) is 15.7. The molecule has 27 heavy (non-hydrogen) atoms. The minimum absolute atomic E-state index is 0.0219. The third kappa shape index (κ3) is 4.02. The van der Waals surface area contributed by atoms with Gasteiger partial charge in [0.15, 0.2) is 0 Å². The fourth-order valence-corrected chi connectivity index (χ4v) is 4.10. The number of amides is 1. The Bertz CT molecular complexity index is 845. The Morgan fingerprint density at radius 1 is 1.22 bits per heavy atom. The lowest BCUT2D eigenvalue weighted by Crippen LogP contribution is -2.56. The molecule has 0 spiro atoms. The molecule has 0 saturated carbocycles. The molecule has 1 saturated heterocycles. The van der Waals surface area contributed by atoms with Crippen molar-refractivity contribution < 1.29 is 14.3 Å². The Morgan fingerprint density at radius 3 is 2.78 bits per heavy atom. The predicted molar refractivity (Wildman–Crippen MR) is 106 cm³/mol. The zero-order valence-corrected chi connectivity index (χ0v) is 16.0. The van der Waals surface area contributed by atoms with Gasteiger partial charge in [0.1, 0.15) is 6.61 Å². The lowest BCUT2D eigenvalue weighted by atomic mass is 9.89. The maximum atomic E-state index is 12.7. The highest BCUT2D eigenvalue weighted by Gasteiger charge is 2.39. The molecule has 0 N–H and O–H groups in total. The molecule has 140 valence electrons. The van der Waals surface area contributed by atoms with E-state index in [9.17, 15) is 4.79 Å². The second kappa shape index (κ2) is 7.75. The molecule has 2 aliphatic rings. The molecular formula is C22H22ClNO3. The molecule has 2 aromatic rings. The number of ether oxygens (including phenoxy) is 2. The number of aryl methyl sites for hydroxylation is 1. The van der Waals surface area contributed by atoms with E-state index >= 15 is 0 Å². The van der Waals surface area contributed by atoms with Crippen LogP contribution in [0.15, 0.2) is 54.6 Å². The van der Waals surface area contributed by atoms with E-state index in [0.717, 1.165) is 28.1 Å². The summed E-state index contributed by atoms with van der Waals surface area (Å²) < 4.78 is 11.3. The first-order chi connectivity index (χ1) is 13.1. The van der Waals surface area contributed by atoms with E-state index in [-0.39, 0.29) is 24.8 Å². The Kier molecular flexibility index (Phi) is 5.19. The molecule has 2 aliphatic heterocycles. The van der Waals surface area contributed by atoms with Gasteiger partial charge in [0, 0.05) is 5.02 Å². The summed E-state index contributed by atoms with van der Waals surface area (Å²) in [4.78, 5) is 14.6. The van der Waals surface area contributed by atoms with Crippen LogP contribution in [0.3, 0.4) is 0 Å². The summed E-state index contributed by atoms with van der Waals surface area (Å²) in [5, 5.41) is 0.733. The highest BCUT2D eigenvalue weighted by atomic mass is 35.5. The first kappa shape index (κ1) is 18.1. The summed E-state index contributed by atoms with van der Waals surface area (Å²) in [5.74, 6) is 0. The van der Waals surface area contributed by atoms with Crippen LogP contribution in [0.5, 0.6) is 0 Å². The zero-order chi connectivity index (χ0) is 18.8. The van der Waals surface area contributed by atoms with Crippen molar-refractivity contribution in [1.82, 2.24) is 4.90 Å². The summed E-state index contributed by atoms with van der Waals surface area (Å²) in [7, 11) is 0. The van der Waals surface area contributed by atoms with Crippen molar-refractivity contribution in [3.05, 3.63) is 76.3 Å². The van der Waals surface area contributed by atoms with Gasteiger partial charge >= 0.3 is 6.09 Å². The predicted octanol–water partition coefficient (Wildman–Crippen LogP) is 4.84. The Hall–Kier alpha value is -2.30. The van der Waals surface area contributed by atoms with Gasteiger partial charge in [0.05, 0.1) is 25.3 Å². The molecule has 0 aromatic heterocycles. The maximum absolute atomic E-state index is 12.7. The number of hydrogen-bond donors (Lipinski definition) is 0. The largest absolute Gasteiger partial charge is 0.445 e. The summed E-state index contributed by atoms with van der Waals surface area (Å²) in [6.45, 7) is 3.32. The average molecular weight is 384 g/mol. The third-order valence-electron chi connectivity index (χ3n) is 5.03. The number of benzene rings is 2. The molecule has 2 bridgehead atoms. The summed E-state index contributed by atoms with van der Waals surface area (Å²) in [5.41, 5.74) is 4.44. The second-order valence-corrected chi connectivity index (χ2v) is 7.56. The van der Waals surface area contributed by atoms with Crippen molar-refractivity contribution in [2.45, 2.75) is 32.0 Å². The van der Waals surface area contributed by atoms with Crippen LogP contribution in [-0.2, 0) is 16.1 Å². The molecule has 0 aliphatic carbocycles. The normalized spacial score (nSPS) is 21.6. The van der Waals surface area contributed by atoms with Crippen molar-refractivity contribution in [3.63, 3.8) is 0 Å². The van der Waals surface area contributed by atoms with Crippen LogP contribution in [-0.4, -0.2) is 36.3 Å². The zero-order valence-electron chi connectivity index (χ0n) is 15.2. The van der Waals surface area contributed by atoms with Gasteiger partial charge in [-0.1, -0.05) is 54.1 Å². The quantitative estimate of drug-likeness (QED) is 0.761. The molecule has 2 heterocycles. The monoisotopic (exact) mass is 383 g/mol. The fourth-order valence-electron chi connectivity index (χ4n) is 3.81. The minimum atomic E-state index is -0.283. The third-order valence-corrected chi connectivity index (χ3v) is 5.25. The van der Waals surface area contributed by atoms with Crippen LogP contribution in [0, 0.1) is 6.92 Å². The number of rotatable bonds is 3. The average Bonchev–Trinajstić information content (AvgIpc) is 2.65. The van der Waals surface area contributed by atoms with E-state index in [4.69, 9.17) is 21.1 Å². The molecule has 5 heteroatoms. The van der Waals surface area contributed by atoms with Crippen LogP contribution in [0.25, 0.3) is 5.57 Å². The topological polar surface area (TPSA) is 38.8 Å². The number of hydrogen-bond acceptors (Lipinski definition) is 3. The maximum Gasteiger partial charge on any atom is 0.411 e. The van der Waals surface area contributed by atoms with Crippen LogP contribution < -0.4 is 0 Å². The number of nitrogens with zero attached hydrogens (tertiary/aromatic N) is 1. The van der Waals surface area contributed by atoms with Crippen molar-refractivity contribution >= 4 is 23.3 Å². The summed E-state index contributed by atoms with van der Waals surface area (Å²) in [6.07, 6.45) is 2.57. The smallest absolute Gasteiger partial charge is 0.411 e. The molecule has 2 unspecified atom stereocenters. The molecule has 4 rings (SSSR count). The Balaban J connectivity index is 1.52. The molecule has 2 aromatic carbocycles. The number of carbonyl (C=O) groups excluding carboxylic acids is 1. The molecule has 1 fully saturated rings. The SMILES string of the molecule is Cc1cc(Cl)cc(C2=CC3COCC(C2)N3C(=O)OCc2ccccc2)c1. The van der Waals surface area contributed by atoms with E-state index < -0.39 is 0 Å². The van der Waals surface area contributed by atoms with Gasteiger partial charge in [0.25, 0.3) is 0 Å². The van der Waals surface area contributed by atoms with Crippen molar-refractivity contribution in [1.29, 1.82) is 0 Å². The van der Waals surface area contributed by atoms with Crippen LogP contribution in [0.4, 0.5) is 4.79 Å². The van der Waals surface area contributed by atoms with Gasteiger partial charge in [-0.2, -0.15) is 0 Å². The Morgan fingerprint density at radius 2 is 2.04 bits per heavy atom. The van der Waals surface area contributed by atoms with Gasteiger partial charge in [-0.25, -0.2) is 4.79 Å². The highest BCUT2D eigenvalue weighted by molar-refractivity contribution is 6.30. The van der Waals surface area contributed by atoms with E-state index in [0.29, 0.717) is 13.2 Å². The van der Waals surface area contributed by atoms with Crippen LogP contribution >= 0.6 is 11.6 Å². The van der Waals surface area contributed by atoms with Crippen LogP contribution in [0.1, 0.15) is 23.1 Å². The van der Waals surface area contributed by atoms with Crippen LogP contribution in [0.2, 0.25) is 5.02 Å². The van der Waals surface area contributed by atoms with E-state index in [2.05, 4.69) is 12.1 Å². The molecule has 4 nitrogen and oxygen atoms in total. The first-order valence-corrected chi connectivity index (χ1v) is 9.53. The van der Waals surface area contributed by atoms with Crippen molar-refractivity contribution in [2.75, 3.05) is 13.2 Å². The highest BCUT2D eigenvalue weighted by Crippen LogP contribution is 2.34. The molecule has 2 atom stereocenters. The fraction of sp³-hybridized carbons (Fsp3) is 0.318. The van der Waals surface area contributed by atoms with E-state index in [1.165, 1.54) is 5.57 Å². The first-order valence-electron chi connectivity index (χ1n) is 9.15. The van der Waals surface area contributed by atoms with Gasteiger partial charge in [-0.3, -0.25) is 4.90 Å². The molecule has 0 radical (unpaired) electrons. The van der Waals surface area contributed by atoms with Crippen molar-refractivity contribution in [3.8, 4) is 0 Å². The summed E-state index contributed by atoms with van der Waals surface area (Å²) >= 11 is 6.23. The van der Waals surface area contributed by atoms with Gasteiger partial charge in [-0.15, -0.1) is 0 Å². The van der Waals surface area contributed by atoms with Crippen molar-refractivity contribution in [2.24, 2.45) is 0 Å². The van der Waals surface area contributed by atoms with Gasteiger partial charge in [-0.05, 0) is 47.7 Å². The number of carbonyl (C=O) groups is 1. The minimum Gasteiger partial charge on any atom is -0.445 e. The number of fused-ring (bicyclic) bond motifs is 2. The van der Waals surface area contributed by atoms with Gasteiger partial charge in [0.2, 0.25) is 0 Å². The van der Waals surface area contributed by atoms with E-state index in [1.807, 2.05) is 54.3 Å².